The maximum atomic E-state index is 13.1. The van der Waals surface area contributed by atoms with Gasteiger partial charge < -0.3 is 15.1 Å². The second-order valence-corrected chi connectivity index (χ2v) is 5.25. The van der Waals surface area contributed by atoms with Gasteiger partial charge in [0.25, 0.3) is 0 Å². The molecule has 1 aromatic carbocycles. The first-order chi connectivity index (χ1) is 9.63. The Balaban J connectivity index is 0.00000161. The number of halogens is 2. The first-order valence-electron chi connectivity index (χ1n) is 6.83. The van der Waals surface area contributed by atoms with E-state index in [-0.39, 0.29) is 36.1 Å². The van der Waals surface area contributed by atoms with E-state index in [2.05, 4.69) is 10.6 Å². The lowest BCUT2D eigenvalue weighted by atomic mass is 10.1. The maximum absolute atomic E-state index is 13.1. The van der Waals surface area contributed by atoms with Gasteiger partial charge in [-0.2, -0.15) is 0 Å². The number of fused-ring (bicyclic) bond motifs is 1. The summed E-state index contributed by atoms with van der Waals surface area (Å²) in [7, 11) is 0. The molecule has 21 heavy (non-hydrogen) atoms. The molecule has 3 rings (SSSR count). The Morgan fingerprint density at radius 3 is 3.00 bits per heavy atom. The van der Waals surface area contributed by atoms with Gasteiger partial charge >= 0.3 is 0 Å². The van der Waals surface area contributed by atoms with E-state index in [1.165, 1.54) is 12.1 Å². The molecular weight excluding hydrogens is 295 g/mol. The fraction of sp³-hybridized carbons (Fsp3) is 0.400. The van der Waals surface area contributed by atoms with Crippen molar-refractivity contribution in [3.8, 4) is 0 Å². The second kappa shape index (κ2) is 6.45. The van der Waals surface area contributed by atoms with Crippen LogP contribution in [0.2, 0.25) is 0 Å². The van der Waals surface area contributed by atoms with E-state index in [9.17, 15) is 9.18 Å². The summed E-state index contributed by atoms with van der Waals surface area (Å²) >= 11 is 0. The van der Waals surface area contributed by atoms with Gasteiger partial charge in [-0.1, -0.05) is 0 Å². The topological polar surface area (TPSA) is 54.3 Å². The Bertz CT molecular complexity index is 638. The van der Waals surface area contributed by atoms with Crippen LogP contribution in [0.3, 0.4) is 0 Å². The van der Waals surface area contributed by atoms with E-state index in [4.69, 9.17) is 4.42 Å². The average molecular weight is 313 g/mol. The summed E-state index contributed by atoms with van der Waals surface area (Å²) < 4.78 is 18.8. The minimum absolute atomic E-state index is 0. The Morgan fingerprint density at radius 2 is 2.29 bits per heavy atom. The zero-order valence-electron chi connectivity index (χ0n) is 11.7. The standard InChI is InChI=1S/C15H17FN2O2.ClH/c1-9(18-15(19)10-4-5-17-8-10)14-7-11-6-12(16)2-3-13(11)20-14;/h2-3,6-7,9-10,17H,4-5,8H2,1H3,(H,18,19);1H/t9?,10-;/m1./s1. The quantitative estimate of drug-likeness (QED) is 0.916. The molecule has 2 atom stereocenters. The van der Waals surface area contributed by atoms with Gasteiger partial charge in [0, 0.05) is 11.9 Å². The highest BCUT2D eigenvalue weighted by atomic mass is 35.5. The molecule has 1 unspecified atom stereocenters. The molecule has 114 valence electrons. The van der Waals surface area contributed by atoms with Crippen molar-refractivity contribution in [3.63, 3.8) is 0 Å². The van der Waals surface area contributed by atoms with Gasteiger partial charge in [-0.25, -0.2) is 4.39 Å². The van der Waals surface area contributed by atoms with E-state index < -0.39 is 0 Å². The van der Waals surface area contributed by atoms with Crippen molar-refractivity contribution in [3.05, 3.63) is 35.8 Å². The summed E-state index contributed by atoms with van der Waals surface area (Å²) in [6.07, 6.45) is 0.865. The largest absolute Gasteiger partial charge is 0.459 e. The average Bonchev–Trinajstić information content (AvgIpc) is 3.07. The molecule has 1 amide bonds. The van der Waals surface area contributed by atoms with E-state index in [0.717, 1.165) is 19.5 Å². The van der Waals surface area contributed by atoms with Crippen LogP contribution in [0.1, 0.15) is 25.1 Å². The van der Waals surface area contributed by atoms with Gasteiger partial charge in [0.1, 0.15) is 17.2 Å². The molecule has 0 bridgehead atoms. The number of benzene rings is 1. The summed E-state index contributed by atoms with van der Waals surface area (Å²) in [4.78, 5) is 12.0. The monoisotopic (exact) mass is 312 g/mol. The molecule has 1 aliphatic heterocycles. The van der Waals surface area contributed by atoms with Crippen LogP contribution < -0.4 is 10.6 Å². The van der Waals surface area contributed by atoms with Gasteiger partial charge in [0.15, 0.2) is 0 Å². The van der Waals surface area contributed by atoms with Crippen LogP contribution in [-0.4, -0.2) is 19.0 Å². The lowest BCUT2D eigenvalue weighted by molar-refractivity contribution is -0.125. The Morgan fingerprint density at radius 1 is 1.48 bits per heavy atom. The summed E-state index contributed by atoms with van der Waals surface area (Å²) in [6, 6.07) is 5.94. The molecule has 0 spiro atoms. The lowest BCUT2D eigenvalue weighted by Gasteiger charge is -2.14. The molecule has 2 N–H and O–H groups in total. The van der Waals surface area contributed by atoms with Crippen LogP contribution in [0.5, 0.6) is 0 Å². The third-order valence-corrected chi connectivity index (χ3v) is 3.71. The van der Waals surface area contributed by atoms with Crippen LogP contribution in [-0.2, 0) is 4.79 Å². The third-order valence-electron chi connectivity index (χ3n) is 3.71. The first-order valence-corrected chi connectivity index (χ1v) is 6.83. The number of carbonyl (C=O) groups is 1. The molecule has 2 aromatic rings. The first kappa shape index (κ1) is 15.8. The predicted molar refractivity (Wildman–Crippen MR) is 81.0 cm³/mol. The summed E-state index contributed by atoms with van der Waals surface area (Å²) in [5.41, 5.74) is 0.630. The van der Waals surface area contributed by atoms with E-state index in [0.29, 0.717) is 16.7 Å². The van der Waals surface area contributed by atoms with E-state index >= 15 is 0 Å². The molecule has 2 heterocycles. The van der Waals surface area contributed by atoms with E-state index in [1.807, 2.05) is 6.92 Å². The van der Waals surface area contributed by atoms with Gasteiger partial charge in [0.05, 0.1) is 12.0 Å². The van der Waals surface area contributed by atoms with Crippen LogP contribution in [0.4, 0.5) is 4.39 Å². The van der Waals surface area contributed by atoms with Crippen molar-refractivity contribution in [2.45, 2.75) is 19.4 Å². The highest BCUT2D eigenvalue weighted by Gasteiger charge is 2.24. The number of hydrogen-bond donors (Lipinski definition) is 2. The molecule has 1 aliphatic rings. The second-order valence-electron chi connectivity index (χ2n) is 5.25. The Kier molecular flexibility index (Phi) is 4.85. The summed E-state index contributed by atoms with van der Waals surface area (Å²) in [6.45, 7) is 3.48. The van der Waals surface area contributed by atoms with Gasteiger partial charge in [0.2, 0.25) is 5.91 Å². The fourth-order valence-corrected chi connectivity index (χ4v) is 2.53. The zero-order valence-corrected chi connectivity index (χ0v) is 12.5. The summed E-state index contributed by atoms with van der Waals surface area (Å²) in [5, 5.41) is 6.83. The van der Waals surface area contributed by atoms with Crippen LogP contribution >= 0.6 is 12.4 Å². The highest BCUT2D eigenvalue weighted by molar-refractivity contribution is 5.85. The lowest BCUT2D eigenvalue weighted by Crippen LogP contribution is -2.33. The third kappa shape index (κ3) is 3.36. The molecular formula is C15H18ClFN2O2. The SMILES string of the molecule is CC(NC(=O)[C@@H]1CCNC1)c1cc2cc(F)ccc2o1.Cl. The van der Waals surface area contributed by atoms with Crippen molar-refractivity contribution in [1.82, 2.24) is 10.6 Å². The Labute approximate surface area is 128 Å². The highest BCUT2D eigenvalue weighted by Crippen LogP contribution is 2.25. The molecule has 0 radical (unpaired) electrons. The minimum atomic E-state index is -0.293. The normalized spacial score (nSPS) is 19.2. The number of hydrogen-bond acceptors (Lipinski definition) is 3. The molecule has 4 nitrogen and oxygen atoms in total. The van der Waals surface area contributed by atoms with Crippen molar-refractivity contribution >= 4 is 29.3 Å². The van der Waals surface area contributed by atoms with Crippen molar-refractivity contribution in [2.75, 3.05) is 13.1 Å². The van der Waals surface area contributed by atoms with Crippen molar-refractivity contribution in [2.24, 2.45) is 5.92 Å². The number of furan rings is 1. The molecule has 1 fully saturated rings. The molecule has 0 aliphatic carbocycles. The summed E-state index contributed by atoms with van der Waals surface area (Å²) in [5.74, 6) is 0.414. The number of rotatable bonds is 3. The van der Waals surface area contributed by atoms with E-state index in [1.54, 1.807) is 12.1 Å². The maximum Gasteiger partial charge on any atom is 0.225 e. The number of nitrogens with one attached hydrogen (secondary N) is 2. The molecule has 1 saturated heterocycles. The van der Waals surface area contributed by atoms with Crippen LogP contribution in [0, 0.1) is 11.7 Å². The van der Waals surface area contributed by atoms with Crippen molar-refractivity contribution in [1.29, 1.82) is 0 Å². The fourth-order valence-electron chi connectivity index (χ4n) is 2.53. The number of amides is 1. The van der Waals surface area contributed by atoms with Crippen LogP contribution in [0.15, 0.2) is 28.7 Å². The smallest absolute Gasteiger partial charge is 0.225 e. The predicted octanol–water partition coefficient (Wildman–Crippen LogP) is 2.78. The van der Waals surface area contributed by atoms with Crippen molar-refractivity contribution < 1.29 is 13.6 Å². The molecule has 0 saturated carbocycles. The van der Waals surface area contributed by atoms with Gasteiger partial charge in [-0.15, -0.1) is 12.4 Å². The van der Waals surface area contributed by atoms with Gasteiger partial charge in [-0.3, -0.25) is 4.79 Å². The minimum Gasteiger partial charge on any atom is -0.459 e. The van der Waals surface area contributed by atoms with Crippen LogP contribution in [0.25, 0.3) is 11.0 Å². The molecule has 6 heteroatoms. The zero-order chi connectivity index (χ0) is 14.1. The molecule has 1 aromatic heterocycles. The number of carbonyl (C=O) groups excluding carboxylic acids is 1. The van der Waals surface area contributed by atoms with Gasteiger partial charge in [-0.05, 0) is 44.2 Å². The Hall–Kier alpha value is -1.59.